The van der Waals surface area contributed by atoms with E-state index in [2.05, 4.69) is 21.4 Å². The van der Waals surface area contributed by atoms with Gasteiger partial charge in [-0.15, -0.1) is 0 Å². The van der Waals surface area contributed by atoms with Gasteiger partial charge in [0.1, 0.15) is 0 Å². The van der Waals surface area contributed by atoms with Crippen LogP contribution in [0.25, 0.3) is 0 Å². The number of anilines is 1. The van der Waals surface area contributed by atoms with Crippen molar-refractivity contribution in [2.24, 2.45) is 5.84 Å². The minimum Gasteiger partial charge on any atom is -0.323 e. The predicted molar refractivity (Wildman–Crippen MR) is 46.7 cm³/mol. The number of hydrogen-bond acceptors (Lipinski definition) is 2. The van der Waals surface area contributed by atoms with Crippen molar-refractivity contribution >= 4 is 21.6 Å². The summed E-state index contributed by atoms with van der Waals surface area (Å²) in [4.78, 5) is 0. The molecule has 0 aliphatic rings. The second-order valence-corrected chi connectivity index (χ2v) is 2.98. The molecule has 0 amide bonds. The maximum Gasteiger partial charge on any atom is 0.0627 e. The van der Waals surface area contributed by atoms with Crippen LogP contribution in [-0.4, -0.2) is 0 Å². The molecule has 0 fully saturated rings. The first-order valence-electron chi connectivity index (χ1n) is 2.97. The standard InChI is InChI=1S/C7H9BrN2/c1-5-2-3-7(10-9)6(8)4-5/h2-4,10H,9H2,1H3. The average Bonchev–Trinajstić information content (AvgIpc) is 1.88. The molecule has 0 saturated heterocycles. The van der Waals surface area contributed by atoms with Crippen LogP contribution in [0.3, 0.4) is 0 Å². The van der Waals surface area contributed by atoms with Gasteiger partial charge in [0.25, 0.3) is 0 Å². The molecule has 0 saturated carbocycles. The van der Waals surface area contributed by atoms with E-state index in [1.165, 1.54) is 5.56 Å². The summed E-state index contributed by atoms with van der Waals surface area (Å²) < 4.78 is 0.995. The van der Waals surface area contributed by atoms with E-state index in [0.717, 1.165) is 10.2 Å². The van der Waals surface area contributed by atoms with Crippen molar-refractivity contribution in [3.63, 3.8) is 0 Å². The summed E-state index contributed by atoms with van der Waals surface area (Å²) in [5, 5.41) is 0. The Morgan fingerprint density at radius 3 is 2.70 bits per heavy atom. The molecular formula is C7H9BrN2. The van der Waals surface area contributed by atoms with Crippen molar-refractivity contribution in [3.05, 3.63) is 28.2 Å². The normalized spacial score (nSPS) is 9.50. The highest BCUT2D eigenvalue weighted by Crippen LogP contribution is 2.21. The quantitative estimate of drug-likeness (QED) is 0.539. The summed E-state index contributed by atoms with van der Waals surface area (Å²) in [5.41, 5.74) is 4.70. The third-order valence-electron chi connectivity index (χ3n) is 1.28. The molecule has 2 nitrogen and oxygen atoms in total. The summed E-state index contributed by atoms with van der Waals surface area (Å²) in [7, 11) is 0. The fourth-order valence-electron chi connectivity index (χ4n) is 0.737. The van der Waals surface area contributed by atoms with Crippen molar-refractivity contribution in [2.45, 2.75) is 6.92 Å². The van der Waals surface area contributed by atoms with E-state index in [9.17, 15) is 0 Å². The van der Waals surface area contributed by atoms with Gasteiger partial charge in [0, 0.05) is 4.47 Å². The van der Waals surface area contributed by atoms with Gasteiger partial charge in [0.2, 0.25) is 0 Å². The molecule has 10 heavy (non-hydrogen) atoms. The zero-order valence-electron chi connectivity index (χ0n) is 5.69. The number of benzene rings is 1. The largest absolute Gasteiger partial charge is 0.323 e. The molecule has 0 aromatic heterocycles. The fraction of sp³-hybridized carbons (Fsp3) is 0.143. The van der Waals surface area contributed by atoms with Crippen LogP contribution < -0.4 is 11.3 Å². The van der Waals surface area contributed by atoms with Gasteiger partial charge in [-0.25, -0.2) is 0 Å². The van der Waals surface area contributed by atoms with Crippen molar-refractivity contribution < 1.29 is 0 Å². The molecule has 1 rings (SSSR count). The third-order valence-corrected chi connectivity index (χ3v) is 1.94. The van der Waals surface area contributed by atoms with Gasteiger partial charge in [0.05, 0.1) is 5.69 Å². The molecule has 3 heteroatoms. The summed E-state index contributed by atoms with van der Waals surface area (Å²) >= 11 is 3.36. The van der Waals surface area contributed by atoms with Crippen LogP contribution in [-0.2, 0) is 0 Å². The van der Waals surface area contributed by atoms with Crippen LogP contribution in [0.15, 0.2) is 22.7 Å². The molecule has 1 aromatic carbocycles. The number of hydrazine groups is 1. The molecule has 0 aliphatic heterocycles. The highest BCUT2D eigenvalue weighted by atomic mass is 79.9. The van der Waals surface area contributed by atoms with Crippen molar-refractivity contribution in [2.75, 3.05) is 5.43 Å². The minimum absolute atomic E-state index is 0.908. The molecular weight excluding hydrogens is 192 g/mol. The van der Waals surface area contributed by atoms with Gasteiger partial charge < -0.3 is 5.43 Å². The van der Waals surface area contributed by atoms with Crippen molar-refractivity contribution in [3.8, 4) is 0 Å². The zero-order valence-corrected chi connectivity index (χ0v) is 7.27. The molecule has 0 bridgehead atoms. The van der Waals surface area contributed by atoms with E-state index in [0.29, 0.717) is 0 Å². The van der Waals surface area contributed by atoms with Crippen LogP contribution in [0.2, 0.25) is 0 Å². The average molecular weight is 201 g/mol. The summed E-state index contributed by atoms with van der Waals surface area (Å²) in [6, 6.07) is 5.94. The third kappa shape index (κ3) is 1.49. The Labute approximate surface area is 68.5 Å². The van der Waals surface area contributed by atoms with E-state index in [4.69, 9.17) is 5.84 Å². The first-order valence-corrected chi connectivity index (χ1v) is 3.76. The SMILES string of the molecule is Cc1ccc(NN)c(Br)c1. The van der Waals surface area contributed by atoms with Crippen LogP contribution >= 0.6 is 15.9 Å². The van der Waals surface area contributed by atoms with Gasteiger partial charge in [-0.05, 0) is 40.5 Å². The molecule has 0 spiro atoms. The highest BCUT2D eigenvalue weighted by molar-refractivity contribution is 9.10. The topological polar surface area (TPSA) is 38.0 Å². The number of aryl methyl sites for hydroxylation is 1. The Hall–Kier alpha value is -0.540. The Kier molecular flexibility index (Phi) is 2.29. The lowest BCUT2D eigenvalue weighted by molar-refractivity contribution is 1.32. The monoisotopic (exact) mass is 200 g/mol. The van der Waals surface area contributed by atoms with Crippen LogP contribution in [0.1, 0.15) is 5.56 Å². The van der Waals surface area contributed by atoms with Gasteiger partial charge in [-0.2, -0.15) is 0 Å². The number of halogens is 1. The van der Waals surface area contributed by atoms with E-state index >= 15 is 0 Å². The minimum atomic E-state index is 0.908. The number of rotatable bonds is 1. The number of nitrogens with one attached hydrogen (secondary N) is 1. The Balaban J connectivity index is 3.07. The summed E-state index contributed by atoms with van der Waals surface area (Å²) in [5.74, 6) is 5.22. The van der Waals surface area contributed by atoms with Gasteiger partial charge >= 0.3 is 0 Å². The molecule has 54 valence electrons. The van der Waals surface area contributed by atoms with Crippen LogP contribution in [0.5, 0.6) is 0 Å². The molecule has 0 heterocycles. The number of nitrogen functional groups attached to an aromatic ring is 1. The Morgan fingerprint density at radius 2 is 2.20 bits per heavy atom. The number of nitrogens with two attached hydrogens (primary N) is 1. The molecule has 3 N–H and O–H groups in total. The first-order chi connectivity index (χ1) is 4.74. The highest BCUT2D eigenvalue weighted by Gasteiger charge is 1.94. The second kappa shape index (κ2) is 3.03. The maximum absolute atomic E-state index is 5.22. The zero-order chi connectivity index (χ0) is 7.56. The summed E-state index contributed by atoms with van der Waals surface area (Å²) in [6.07, 6.45) is 0. The van der Waals surface area contributed by atoms with E-state index < -0.39 is 0 Å². The predicted octanol–water partition coefficient (Wildman–Crippen LogP) is 2.04. The van der Waals surface area contributed by atoms with E-state index in [-0.39, 0.29) is 0 Å². The van der Waals surface area contributed by atoms with Gasteiger partial charge in [-0.1, -0.05) is 6.07 Å². The van der Waals surface area contributed by atoms with Gasteiger partial charge in [0.15, 0.2) is 0 Å². The Morgan fingerprint density at radius 1 is 1.50 bits per heavy atom. The summed E-state index contributed by atoms with van der Waals surface area (Å²) in [6.45, 7) is 2.03. The molecule has 1 aromatic rings. The number of hydrogen-bond donors (Lipinski definition) is 2. The lowest BCUT2D eigenvalue weighted by atomic mass is 10.2. The van der Waals surface area contributed by atoms with E-state index in [1.54, 1.807) is 0 Å². The van der Waals surface area contributed by atoms with Crippen molar-refractivity contribution in [1.29, 1.82) is 0 Å². The van der Waals surface area contributed by atoms with Crippen LogP contribution in [0.4, 0.5) is 5.69 Å². The fourth-order valence-corrected chi connectivity index (χ4v) is 1.34. The second-order valence-electron chi connectivity index (χ2n) is 2.13. The van der Waals surface area contributed by atoms with Gasteiger partial charge in [-0.3, -0.25) is 5.84 Å². The van der Waals surface area contributed by atoms with E-state index in [1.807, 2.05) is 25.1 Å². The Bertz CT molecular complexity index is 235. The van der Waals surface area contributed by atoms with Crippen molar-refractivity contribution in [1.82, 2.24) is 0 Å². The maximum atomic E-state index is 5.22. The van der Waals surface area contributed by atoms with Crippen LogP contribution in [0, 0.1) is 6.92 Å². The lowest BCUT2D eigenvalue weighted by Crippen LogP contribution is -2.06. The molecule has 0 atom stereocenters. The lowest BCUT2D eigenvalue weighted by Gasteiger charge is -2.02. The molecule has 0 radical (unpaired) electrons. The first kappa shape index (κ1) is 7.57. The molecule has 0 unspecified atom stereocenters. The molecule has 0 aliphatic carbocycles. The smallest absolute Gasteiger partial charge is 0.0627 e.